The van der Waals surface area contributed by atoms with Gasteiger partial charge in [-0.2, -0.15) is 0 Å². The fraction of sp³-hybridized carbons (Fsp3) is 0.945. The van der Waals surface area contributed by atoms with Gasteiger partial charge in [-0.25, -0.2) is 9.13 Å². The normalized spacial score (nSPS) is 14.1. The van der Waals surface area contributed by atoms with Gasteiger partial charge in [0.15, 0.2) is 12.2 Å². The molecule has 19 heteroatoms. The van der Waals surface area contributed by atoms with Gasteiger partial charge in [-0.1, -0.05) is 324 Å². The molecule has 0 saturated heterocycles. The summed E-state index contributed by atoms with van der Waals surface area (Å²) in [5, 5.41) is 10.6. The van der Waals surface area contributed by atoms with Crippen LogP contribution in [0.1, 0.15) is 375 Å². The standard InChI is InChI=1S/C73H142O17P2/c1-7-9-11-13-15-17-19-21-22-23-24-25-26-27-29-31-33-37-45-51-57-72(77)89-68(61-83-70(75)55-49-43-36-32-30-28-20-18-16-14-12-10-8-2)63-87-91(79,80)85-59-67(74)60-86-92(81,82)88-64-69(62-84-71(76)56-50-44-40-39-42-48-54-66(5)6)90-73(78)58-52-46-38-34-35-41-47-53-65(3)4/h65-69,74H,7-64H2,1-6H3,(H,79,80)(H,81,82)/t67-,68-,69-/m1/s1. The summed E-state index contributed by atoms with van der Waals surface area (Å²) >= 11 is 0. The fourth-order valence-corrected chi connectivity index (χ4v) is 12.7. The van der Waals surface area contributed by atoms with Crippen molar-refractivity contribution in [2.75, 3.05) is 39.6 Å². The topological polar surface area (TPSA) is 237 Å². The lowest BCUT2D eigenvalue weighted by atomic mass is 10.0. The van der Waals surface area contributed by atoms with Crippen LogP contribution >= 0.6 is 15.6 Å². The Bertz CT molecular complexity index is 1790. The third-order valence-electron chi connectivity index (χ3n) is 17.0. The Morgan fingerprint density at radius 1 is 0.293 bits per heavy atom. The van der Waals surface area contributed by atoms with Crippen molar-refractivity contribution in [3.63, 3.8) is 0 Å². The third kappa shape index (κ3) is 66.7. The summed E-state index contributed by atoms with van der Waals surface area (Å²) in [5.41, 5.74) is 0. The number of carbonyl (C=O) groups excluding carboxylic acids is 4. The molecule has 5 atom stereocenters. The highest BCUT2D eigenvalue weighted by molar-refractivity contribution is 7.47. The molecule has 0 spiro atoms. The zero-order valence-corrected chi connectivity index (χ0v) is 61.6. The highest BCUT2D eigenvalue weighted by Gasteiger charge is 2.30. The van der Waals surface area contributed by atoms with Gasteiger partial charge < -0.3 is 33.8 Å². The average Bonchev–Trinajstić information content (AvgIpc) is 3.58. The van der Waals surface area contributed by atoms with E-state index in [0.717, 1.165) is 96.3 Å². The van der Waals surface area contributed by atoms with Crippen LogP contribution in [0.3, 0.4) is 0 Å². The predicted octanol–water partition coefficient (Wildman–Crippen LogP) is 21.2. The molecular weight excluding hydrogens is 1210 g/mol. The molecule has 0 rings (SSSR count). The molecule has 0 aromatic carbocycles. The number of unbranched alkanes of at least 4 members (excludes halogenated alkanes) is 42. The minimum atomic E-state index is -4.95. The molecule has 0 aromatic rings. The Balaban J connectivity index is 5.19. The minimum Gasteiger partial charge on any atom is -0.462 e. The Labute approximate surface area is 562 Å². The van der Waals surface area contributed by atoms with Crippen LogP contribution in [0.4, 0.5) is 0 Å². The first-order chi connectivity index (χ1) is 44.4. The van der Waals surface area contributed by atoms with E-state index in [-0.39, 0.29) is 25.7 Å². The second kappa shape index (κ2) is 65.0. The Kier molecular flexibility index (Phi) is 63.7. The zero-order chi connectivity index (χ0) is 67.9. The molecule has 0 saturated carbocycles. The molecule has 0 heterocycles. The number of hydrogen-bond acceptors (Lipinski definition) is 15. The van der Waals surface area contributed by atoms with Crippen molar-refractivity contribution < 1.29 is 80.2 Å². The lowest BCUT2D eigenvalue weighted by Crippen LogP contribution is -2.30. The molecule has 0 aliphatic rings. The van der Waals surface area contributed by atoms with Gasteiger partial charge in [0.25, 0.3) is 0 Å². The minimum absolute atomic E-state index is 0.103. The fourth-order valence-electron chi connectivity index (χ4n) is 11.1. The van der Waals surface area contributed by atoms with Crippen molar-refractivity contribution in [3.05, 3.63) is 0 Å². The summed E-state index contributed by atoms with van der Waals surface area (Å²) in [5.74, 6) is -0.750. The summed E-state index contributed by atoms with van der Waals surface area (Å²) in [7, 11) is -9.90. The molecule has 0 aliphatic carbocycles. The summed E-state index contributed by atoms with van der Waals surface area (Å²) in [4.78, 5) is 72.6. The number of aliphatic hydroxyl groups excluding tert-OH is 1. The Morgan fingerprint density at radius 3 is 0.739 bits per heavy atom. The molecule has 0 amide bonds. The molecule has 3 N–H and O–H groups in total. The first-order valence-electron chi connectivity index (χ1n) is 38.0. The molecule has 546 valence electrons. The maximum absolute atomic E-state index is 13.1. The van der Waals surface area contributed by atoms with Crippen LogP contribution in [0, 0.1) is 11.8 Å². The van der Waals surface area contributed by atoms with Crippen molar-refractivity contribution in [2.45, 2.75) is 394 Å². The van der Waals surface area contributed by atoms with Crippen molar-refractivity contribution in [1.29, 1.82) is 0 Å². The van der Waals surface area contributed by atoms with E-state index in [1.807, 2.05) is 0 Å². The third-order valence-corrected chi connectivity index (χ3v) is 18.9. The molecule has 2 unspecified atom stereocenters. The van der Waals surface area contributed by atoms with Gasteiger partial charge in [-0.3, -0.25) is 37.3 Å². The maximum atomic E-state index is 13.1. The van der Waals surface area contributed by atoms with Gasteiger partial charge >= 0.3 is 39.5 Å². The molecule has 0 aliphatic heterocycles. The van der Waals surface area contributed by atoms with Gasteiger partial charge in [0, 0.05) is 25.7 Å². The average molecular weight is 1350 g/mol. The number of ether oxygens (including phenoxy) is 4. The number of hydrogen-bond donors (Lipinski definition) is 3. The first-order valence-corrected chi connectivity index (χ1v) is 41.0. The van der Waals surface area contributed by atoms with E-state index in [2.05, 4.69) is 41.5 Å². The van der Waals surface area contributed by atoms with Crippen LogP contribution in [-0.4, -0.2) is 96.7 Å². The summed E-state index contributed by atoms with van der Waals surface area (Å²) in [6.45, 7) is 9.42. The number of esters is 4. The monoisotopic (exact) mass is 1350 g/mol. The second-order valence-electron chi connectivity index (χ2n) is 27.3. The number of phosphoric acid groups is 2. The Hall–Kier alpha value is -1.94. The van der Waals surface area contributed by atoms with Crippen LogP contribution in [0.2, 0.25) is 0 Å². The van der Waals surface area contributed by atoms with Crippen molar-refractivity contribution >= 4 is 39.5 Å². The van der Waals surface area contributed by atoms with E-state index in [4.69, 9.17) is 37.0 Å². The molecule has 0 aromatic heterocycles. The van der Waals surface area contributed by atoms with Gasteiger partial charge in [0.05, 0.1) is 26.4 Å². The maximum Gasteiger partial charge on any atom is 0.472 e. The SMILES string of the molecule is CCCCCCCCCCCCCCCCCCCCCCC(=O)O[C@H](COC(=O)CCCCCCCCCCCCCCC)COP(=O)(O)OC[C@@H](O)COP(=O)(O)OC[C@@H](COC(=O)CCCCCCCCC(C)C)OC(=O)CCCCCCCCCC(C)C. The van der Waals surface area contributed by atoms with Crippen molar-refractivity contribution in [2.24, 2.45) is 11.8 Å². The summed E-state index contributed by atoms with van der Waals surface area (Å²) < 4.78 is 68.3. The van der Waals surface area contributed by atoms with Crippen LogP contribution < -0.4 is 0 Å². The lowest BCUT2D eigenvalue weighted by Gasteiger charge is -2.21. The van der Waals surface area contributed by atoms with Gasteiger partial charge in [-0.15, -0.1) is 0 Å². The molecule has 0 bridgehead atoms. The van der Waals surface area contributed by atoms with Crippen molar-refractivity contribution in [3.8, 4) is 0 Å². The van der Waals surface area contributed by atoms with E-state index in [1.165, 1.54) is 186 Å². The van der Waals surface area contributed by atoms with E-state index < -0.39 is 97.5 Å². The molecule has 0 radical (unpaired) electrons. The highest BCUT2D eigenvalue weighted by atomic mass is 31.2. The summed E-state index contributed by atoms with van der Waals surface area (Å²) in [6.07, 6.45) is 51.7. The van der Waals surface area contributed by atoms with Gasteiger partial charge in [0.1, 0.15) is 19.3 Å². The van der Waals surface area contributed by atoms with Gasteiger partial charge in [-0.05, 0) is 37.5 Å². The molecular formula is C73H142O17P2. The largest absolute Gasteiger partial charge is 0.472 e. The second-order valence-corrected chi connectivity index (χ2v) is 30.2. The predicted molar refractivity (Wildman–Crippen MR) is 372 cm³/mol. The van der Waals surface area contributed by atoms with E-state index in [9.17, 15) is 43.2 Å². The number of aliphatic hydroxyl groups is 1. The number of carbonyl (C=O) groups is 4. The van der Waals surface area contributed by atoms with E-state index in [1.54, 1.807) is 0 Å². The van der Waals surface area contributed by atoms with Crippen LogP contribution in [0.5, 0.6) is 0 Å². The van der Waals surface area contributed by atoms with Crippen LogP contribution in [0.15, 0.2) is 0 Å². The zero-order valence-electron chi connectivity index (χ0n) is 59.9. The van der Waals surface area contributed by atoms with Gasteiger partial charge in [0.2, 0.25) is 0 Å². The van der Waals surface area contributed by atoms with Crippen LogP contribution in [0.25, 0.3) is 0 Å². The number of rotatable bonds is 72. The molecule has 0 fully saturated rings. The summed E-state index contributed by atoms with van der Waals surface area (Å²) in [6, 6.07) is 0. The molecule has 17 nitrogen and oxygen atoms in total. The Morgan fingerprint density at radius 2 is 0.500 bits per heavy atom. The quantitative estimate of drug-likeness (QED) is 0.0222. The van der Waals surface area contributed by atoms with Crippen molar-refractivity contribution in [1.82, 2.24) is 0 Å². The first kappa shape index (κ1) is 90.1. The van der Waals surface area contributed by atoms with E-state index in [0.29, 0.717) is 37.5 Å². The number of phosphoric ester groups is 2. The van der Waals surface area contributed by atoms with E-state index >= 15 is 0 Å². The molecule has 92 heavy (non-hydrogen) atoms. The van der Waals surface area contributed by atoms with Crippen LogP contribution in [-0.2, 0) is 65.4 Å². The highest BCUT2D eigenvalue weighted by Crippen LogP contribution is 2.45. The smallest absolute Gasteiger partial charge is 0.462 e. The lowest BCUT2D eigenvalue weighted by molar-refractivity contribution is -0.161.